The SMILES string of the molecule is CCCNc1cccc(NCc2ccno2)c1[N+](=O)[O-]. The Morgan fingerprint density at radius 2 is 2.05 bits per heavy atom. The summed E-state index contributed by atoms with van der Waals surface area (Å²) in [5.74, 6) is 0.617. The lowest BCUT2D eigenvalue weighted by Gasteiger charge is -2.10. The van der Waals surface area contributed by atoms with Gasteiger partial charge in [0.15, 0.2) is 5.76 Å². The Bertz CT molecular complexity index is 569. The summed E-state index contributed by atoms with van der Waals surface area (Å²) in [7, 11) is 0. The molecule has 0 saturated heterocycles. The van der Waals surface area contributed by atoms with Crippen LogP contribution in [0.4, 0.5) is 17.1 Å². The van der Waals surface area contributed by atoms with Gasteiger partial charge in [0.05, 0.1) is 17.7 Å². The molecule has 0 saturated carbocycles. The van der Waals surface area contributed by atoms with Crippen LogP contribution in [-0.2, 0) is 6.54 Å². The van der Waals surface area contributed by atoms with Gasteiger partial charge in [-0.15, -0.1) is 0 Å². The van der Waals surface area contributed by atoms with Gasteiger partial charge in [-0.3, -0.25) is 10.1 Å². The Morgan fingerprint density at radius 3 is 2.65 bits per heavy atom. The van der Waals surface area contributed by atoms with Crippen molar-refractivity contribution in [1.82, 2.24) is 5.16 Å². The molecule has 0 fully saturated rings. The van der Waals surface area contributed by atoms with E-state index in [1.54, 1.807) is 24.3 Å². The van der Waals surface area contributed by atoms with Crippen molar-refractivity contribution in [2.45, 2.75) is 19.9 Å². The molecule has 20 heavy (non-hydrogen) atoms. The normalized spacial score (nSPS) is 10.2. The smallest absolute Gasteiger partial charge is 0.315 e. The van der Waals surface area contributed by atoms with Crippen molar-refractivity contribution in [2.75, 3.05) is 17.2 Å². The molecule has 0 radical (unpaired) electrons. The molecule has 2 rings (SSSR count). The van der Waals surface area contributed by atoms with Gasteiger partial charge < -0.3 is 15.2 Å². The molecule has 0 unspecified atom stereocenters. The largest absolute Gasteiger partial charge is 0.379 e. The summed E-state index contributed by atoms with van der Waals surface area (Å²) in [6.45, 7) is 3.04. The van der Waals surface area contributed by atoms with Gasteiger partial charge in [-0.1, -0.05) is 18.1 Å². The second kappa shape index (κ2) is 6.55. The number of nitro benzene ring substituents is 1. The molecule has 0 bridgehead atoms. The third-order valence-electron chi connectivity index (χ3n) is 2.73. The molecule has 0 aliphatic heterocycles. The fourth-order valence-electron chi connectivity index (χ4n) is 1.80. The molecule has 0 spiro atoms. The van der Waals surface area contributed by atoms with E-state index in [2.05, 4.69) is 15.8 Å². The molecule has 0 aliphatic rings. The second-order valence-electron chi connectivity index (χ2n) is 4.22. The van der Waals surface area contributed by atoms with E-state index in [4.69, 9.17) is 4.52 Å². The summed E-state index contributed by atoms with van der Waals surface area (Å²) in [6, 6.07) is 6.85. The quantitative estimate of drug-likeness (QED) is 0.596. The Morgan fingerprint density at radius 1 is 1.30 bits per heavy atom. The van der Waals surface area contributed by atoms with E-state index in [0.29, 0.717) is 30.2 Å². The van der Waals surface area contributed by atoms with Crippen LogP contribution in [0.5, 0.6) is 0 Å². The summed E-state index contributed by atoms with van der Waals surface area (Å²) in [5.41, 5.74) is 1.01. The molecule has 2 aromatic rings. The Balaban J connectivity index is 2.20. The van der Waals surface area contributed by atoms with Crippen molar-refractivity contribution >= 4 is 17.1 Å². The first-order valence-corrected chi connectivity index (χ1v) is 6.37. The lowest BCUT2D eigenvalue weighted by Crippen LogP contribution is -2.07. The highest BCUT2D eigenvalue weighted by molar-refractivity contribution is 5.76. The second-order valence-corrected chi connectivity index (χ2v) is 4.22. The van der Waals surface area contributed by atoms with Crippen LogP contribution in [0.3, 0.4) is 0 Å². The minimum absolute atomic E-state index is 0.0421. The summed E-state index contributed by atoms with van der Waals surface area (Å²) >= 11 is 0. The molecular weight excluding hydrogens is 260 g/mol. The highest BCUT2D eigenvalue weighted by Crippen LogP contribution is 2.33. The summed E-state index contributed by atoms with van der Waals surface area (Å²) in [5, 5.41) is 20.9. The number of anilines is 2. The maximum Gasteiger partial charge on any atom is 0.315 e. The number of benzene rings is 1. The minimum Gasteiger partial charge on any atom is -0.379 e. The zero-order valence-corrected chi connectivity index (χ0v) is 11.1. The Kier molecular flexibility index (Phi) is 4.54. The fraction of sp³-hybridized carbons (Fsp3) is 0.308. The van der Waals surface area contributed by atoms with Gasteiger partial charge in [0.25, 0.3) is 0 Å². The first-order chi connectivity index (χ1) is 9.72. The van der Waals surface area contributed by atoms with E-state index >= 15 is 0 Å². The van der Waals surface area contributed by atoms with Crippen molar-refractivity contribution < 1.29 is 9.45 Å². The van der Waals surface area contributed by atoms with Crippen molar-refractivity contribution in [3.8, 4) is 0 Å². The molecule has 0 aliphatic carbocycles. The molecule has 1 aromatic carbocycles. The average molecular weight is 276 g/mol. The van der Waals surface area contributed by atoms with E-state index in [-0.39, 0.29) is 10.6 Å². The van der Waals surface area contributed by atoms with Crippen LogP contribution >= 0.6 is 0 Å². The molecule has 1 heterocycles. The van der Waals surface area contributed by atoms with E-state index in [0.717, 1.165) is 6.42 Å². The van der Waals surface area contributed by atoms with Crippen LogP contribution in [0.25, 0.3) is 0 Å². The maximum atomic E-state index is 11.3. The van der Waals surface area contributed by atoms with Gasteiger partial charge in [0.1, 0.15) is 11.4 Å². The number of hydrogen-bond acceptors (Lipinski definition) is 6. The van der Waals surface area contributed by atoms with Crippen molar-refractivity contribution in [1.29, 1.82) is 0 Å². The molecule has 106 valence electrons. The van der Waals surface area contributed by atoms with Gasteiger partial charge in [0, 0.05) is 12.6 Å². The molecule has 7 heteroatoms. The molecule has 0 atom stereocenters. The van der Waals surface area contributed by atoms with E-state index < -0.39 is 0 Å². The zero-order valence-electron chi connectivity index (χ0n) is 11.1. The first-order valence-electron chi connectivity index (χ1n) is 6.37. The first kappa shape index (κ1) is 13.9. The summed E-state index contributed by atoms with van der Waals surface area (Å²) in [4.78, 5) is 10.9. The molecule has 7 nitrogen and oxygen atoms in total. The van der Waals surface area contributed by atoms with Crippen LogP contribution in [-0.4, -0.2) is 16.6 Å². The molecule has 0 amide bonds. The van der Waals surface area contributed by atoms with Gasteiger partial charge in [-0.2, -0.15) is 0 Å². The number of nitrogens with one attached hydrogen (secondary N) is 2. The Hall–Kier alpha value is -2.57. The molecule has 2 N–H and O–H groups in total. The number of aromatic nitrogens is 1. The third kappa shape index (κ3) is 3.25. The highest BCUT2D eigenvalue weighted by Gasteiger charge is 2.19. The van der Waals surface area contributed by atoms with Crippen molar-refractivity contribution in [2.24, 2.45) is 0 Å². The highest BCUT2D eigenvalue weighted by atomic mass is 16.6. The monoisotopic (exact) mass is 276 g/mol. The lowest BCUT2D eigenvalue weighted by molar-refractivity contribution is -0.383. The molecular formula is C13H16N4O3. The van der Waals surface area contributed by atoms with Crippen molar-refractivity contribution in [3.63, 3.8) is 0 Å². The standard InChI is InChI=1S/C13H16N4O3/c1-2-7-14-11-4-3-5-12(13(11)17(18)19)15-9-10-6-8-16-20-10/h3-6,8,14-15H,2,7,9H2,1H3. The molecule has 1 aromatic heterocycles. The van der Waals surface area contributed by atoms with E-state index in [1.807, 2.05) is 6.92 Å². The predicted molar refractivity (Wildman–Crippen MR) is 75.7 cm³/mol. The van der Waals surface area contributed by atoms with Gasteiger partial charge in [-0.25, -0.2) is 0 Å². The lowest BCUT2D eigenvalue weighted by atomic mass is 10.2. The van der Waals surface area contributed by atoms with Crippen LogP contribution in [0.15, 0.2) is 35.0 Å². The Labute approximate surface area is 116 Å². The van der Waals surface area contributed by atoms with Crippen LogP contribution in [0.1, 0.15) is 19.1 Å². The number of rotatable bonds is 7. The van der Waals surface area contributed by atoms with E-state index in [9.17, 15) is 10.1 Å². The number of para-hydroxylation sites is 1. The topological polar surface area (TPSA) is 93.2 Å². The summed E-state index contributed by atoms with van der Waals surface area (Å²) < 4.78 is 4.95. The minimum atomic E-state index is -0.388. The van der Waals surface area contributed by atoms with Crippen molar-refractivity contribution in [3.05, 3.63) is 46.3 Å². The average Bonchev–Trinajstić information content (AvgIpc) is 2.95. The predicted octanol–water partition coefficient (Wildman–Crippen LogP) is 3.02. The fourth-order valence-corrected chi connectivity index (χ4v) is 1.80. The maximum absolute atomic E-state index is 11.3. The summed E-state index contributed by atoms with van der Waals surface area (Å²) in [6.07, 6.45) is 2.43. The van der Waals surface area contributed by atoms with Crippen LogP contribution < -0.4 is 10.6 Å². The van der Waals surface area contributed by atoms with E-state index in [1.165, 1.54) is 6.20 Å². The third-order valence-corrected chi connectivity index (χ3v) is 2.73. The van der Waals surface area contributed by atoms with Crippen LogP contribution in [0.2, 0.25) is 0 Å². The van der Waals surface area contributed by atoms with Gasteiger partial charge in [-0.05, 0) is 18.6 Å². The number of hydrogen-bond donors (Lipinski definition) is 2. The van der Waals surface area contributed by atoms with Crippen LogP contribution in [0, 0.1) is 10.1 Å². The van der Waals surface area contributed by atoms with Gasteiger partial charge >= 0.3 is 5.69 Å². The number of nitrogens with zero attached hydrogens (tertiary/aromatic N) is 2. The zero-order chi connectivity index (χ0) is 14.4. The number of nitro groups is 1. The van der Waals surface area contributed by atoms with Gasteiger partial charge in [0.2, 0.25) is 0 Å².